The molecule has 0 spiro atoms. The Morgan fingerprint density at radius 2 is 1.95 bits per heavy atom. The molecule has 1 saturated heterocycles. The molecule has 108 valence electrons. The molecule has 1 aromatic carbocycles. The number of fused-ring (bicyclic) bond motifs is 1. The van der Waals surface area contributed by atoms with Crippen molar-refractivity contribution in [3.05, 3.63) is 29.3 Å². The smallest absolute Gasteiger partial charge is 0.163 e. The van der Waals surface area contributed by atoms with Gasteiger partial charge in [-0.25, -0.2) is 0 Å². The highest BCUT2D eigenvalue weighted by atomic mass is 16.5. The van der Waals surface area contributed by atoms with Gasteiger partial charge in [-0.1, -0.05) is 12.1 Å². The molecule has 3 rings (SSSR count). The lowest BCUT2D eigenvalue weighted by atomic mass is 10.1. The normalized spacial score (nSPS) is 20.1. The van der Waals surface area contributed by atoms with Crippen molar-refractivity contribution in [3.8, 4) is 5.75 Å². The molecule has 0 aromatic heterocycles. The second kappa shape index (κ2) is 5.94. The van der Waals surface area contributed by atoms with E-state index in [0.29, 0.717) is 13.0 Å². The largest absolute Gasteiger partial charge is 0.492 e. The van der Waals surface area contributed by atoms with Crippen LogP contribution in [0.3, 0.4) is 0 Å². The molecular formula is C16H22N2O2. The first kappa shape index (κ1) is 13.6. The molecule has 4 nitrogen and oxygen atoms in total. The van der Waals surface area contributed by atoms with E-state index in [4.69, 9.17) is 4.74 Å². The van der Waals surface area contributed by atoms with Gasteiger partial charge in [0.1, 0.15) is 12.4 Å². The van der Waals surface area contributed by atoms with Crippen LogP contribution in [0.5, 0.6) is 5.75 Å². The van der Waals surface area contributed by atoms with E-state index in [1.165, 1.54) is 0 Å². The third kappa shape index (κ3) is 2.86. The van der Waals surface area contributed by atoms with Crippen LogP contribution in [0.2, 0.25) is 0 Å². The third-order valence-corrected chi connectivity index (χ3v) is 4.30. The van der Waals surface area contributed by atoms with E-state index in [1.54, 1.807) is 0 Å². The first-order valence-electron chi connectivity index (χ1n) is 7.43. The fourth-order valence-electron chi connectivity index (χ4n) is 2.95. The monoisotopic (exact) mass is 274 g/mol. The predicted octanol–water partition coefficient (Wildman–Crippen LogP) is 1.44. The van der Waals surface area contributed by atoms with Crippen LogP contribution >= 0.6 is 0 Å². The average molecular weight is 274 g/mol. The summed E-state index contributed by atoms with van der Waals surface area (Å²) in [6.07, 6.45) is 1.47. The summed E-state index contributed by atoms with van der Waals surface area (Å²) in [6.45, 7) is 6.17. The lowest BCUT2D eigenvalue weighted by Gasteiger charge is -2.32. The quantitative estimate of drug-likeness (QED) is 0.832. The van der Waals surface area contributed by atoms with Gasteiger partial charge in [-0.15, -0.1) is 0 Å². The number of likely N-dealkylation sites (N-methyl/N-ethyl adjacent to an activating group) is 1. The molecule has 1 aromatic rings. The van der Waals surface area contributed by atoms with Crippen molar-refractivity contribution in [1.29, 1.82) is 0 Å². The first-order valence-corrected chi connectivity index (χ1v) is 7.43. The summed E-state index contributed by atoms with van der Waals surface area (Å²) >= 11 is 0. The number of rotatable bonds is 4. The van der Waals surface area contributed by atoms with Gasteiger partial charge in [0.05, 0.1) is 0 Å². The number of piperazine rings is 1. The Morgan fingerprint density at radius 3 is 2.75 bits per heavy atom. The van der Waals surface area contributed by atoms with Gasteiger partial charge in [0.15, 0.2) is 5.78 Å². The maximum absolute atomic E-state index is 11.7. The molecule has 1 aliphatic heterocycles. The molecule has 1 fully saturated rings. The van der Waals surface area contributed by atoms with E-state index in [2.05, 4.69) is 16.8 Å². The van der Waals surface area contributed by atoms with Gasteiger partial charge in [0.2, 0.25) is 0 Å². The number of hydrogen-bond donors (Lipinski definition) is 0. The maximum atomic E-state index is 11.7. The van der Waals surface area contributed by atoms with Crippen molar-refractivity contribution in [3.63, 3.8) is 0 Å². The van der Waals surface area contributed by atoms with Crippen LogP contribution in [0.4, 0.5) is 0 Å². The lowest BCUT2D eigenvalue weighted by Crippen LogP contribution is -2.45. The molecular weight excluding hydrogens is 252 g/mol. The maximum Gasteiger partial charge on any atom is 0.163 e. The van der Waals surface area contributed by atoms with Gasteiger partial charge in [-0.05, 0) is 19.5 Å². The van der Waals surface area contributed by atoms with Crippen molar-refractivity contribution in [2.45, 2.75) is 12.8 Å². The molecule has 1 aliphatic carbocycles. The van der Waals surface area contributed by atoms with Crippen molar-refractivity contribution in [2.75, 3.05) is 46.4 Å². The zero-order chi connectivity index (χ0) is 13.9. The van der Waals surface area contributed by atoms with Gasteiger partial charge in [-0.2, -0.15) is 0 Å². The number of benzene rings is 1. The molecule has 0 radical (unpaired) electrons. The highest BCUT2D eigenvalue weighted by molar-refractivity contribution is 6.01. The van der Waals surface area contributed by atoms with E-state index < -0.39 is 0 Å². The zero-order valence-corrected chi connectivity index (χ0v) is 12.1. The molecule has 2 aliphatic rings. The van der Waals surface area contributed by atoms with Crippen LogP contribution in [0.15, 0.2) is 18.2 Å². The van der Waals surface area contributed by atoms with Gasteiger partial charge in [-0.3, -0.25) is 9.69 Å². The summed E-state index contributed by atoms with van der Waals surface area (Å²) in [4.78, 5) is 16.5. The number of carbonyl (C=O) groups is 1. The second-order valence-corrected chi connectivity index (χ2v) is 5.70. The Morgan fingerprint density at radius 1 is 1.15 bits per heavy atom. The molecule has 4 heteroatoms. The molecule has 0 unspecified atom stereocenters. The number of nitrogens with zero attached hydrogens (tertiary/aromatic N) is 2. The third-order valence-electron chi connectivity index (χ3n) is 4.30. The number of Topliss-reactive ketones (excluding diaryl/α,β-unsaturated/α-hetero) is 1. The highest BCUT2D eigenvalue weighted by Crippen LogP contribution is 2.30. The first-order chi connectivity index (χ1) is 9.74. The van der Waals surface area contributed by atoms with Crippen LogP contribution in [-0.2, 0) is 6.42 Å². The Balaban J connectivity index is 1.53. The number of hydrogen-bond acceptors (Lipinski definition) is 4. The summed E-state index contributed by atoms with van der Waals surface area (Å²) in [5, 5.41) is 0. The summed E-state index contributed by atoms with van der Waals surface area (Å²) in [7, 11) is 2.16. The van der Waals surface area contributed by atoms with Crippen molar-refractivity contribution in [2.24, 2.45) is 0 Å². The second-order valence-electron chi connectivity index (χ2n) is 5.70. The van der Waals surface area contributed by atoms with Gasteiger partial charge >= 0.3 is 0 Å². The summed E-state index contributed by atoms with van der Waals surface area (Å²) in [5.74, 6) is 1.16. The number of ketones is 1. The van der Waals surface area contributed by atoms with Gasteiger partial charge in [0, 0.05) is 50.3 Å². The van der Waals surface area contributed by atoms with Crippen molar-refractivity contribution in [1.82, 2.24) is 9.80 Å². The standard InChI is InChI=1S/C16H22N2O2/c1-17-7-9-18(10-8-17)11-12-20-16-4-2-3-13-14(16)5-6-15(13)19/h2-4H,5-12H2,1H3. The van der Waals surface area contributed by atoms with Crippen molar-refractivity contribution < 1.29 is 9.53 Å². The SMILES string of the molecule is CN1CCN(CCOc2cccc3c2CCC3=O)CC1. The Bertz CT molecular complexity index is 493. The predicted molar refractivity (Wildman–Crippen MR) is 78.5 cm³/mol. The zero-order valence-electron chi connectivity index (χ0n) is 12.1. The minimum atomic E-state index is 0.254. The molecule has 1 heterocycles. The highest BCUT2D eigenvalue weighted by Gasteiger charge is 2.22. The van der Waals surface area contributed by atoms with E-state index >= 15 is 0 Å². The molecule has 0 N–H and O–H groups in total. The summed E-state index contributed by atoms with van der Waals surface area (Å²) in [5.41, 5.74) is 1.97. The Kier molecular flexibility index (Phi) is 4.03. The average Bonchev–Trinajstić information content (AvgIpc) is 2.84. The molecule has 0 saturated carbocycles. The lowest BCUT2D eigenvalue weighted by molar-refractivity contribution is 0.0994. The molecule has 0 amide bonds. The van der Waals surface area contributed by atoms with Gasteiger partial charge < -0.3 is 9.64 Å². The Labute approximate surface area is 120 Å². The van der Waals surface area contributed by atoms with Crippen LogP contribution < -0.4 is 4.74 Å². The van der Waals surface area contributed by atoms with Gasteiger partial charge in [0.25, 0.3) is 0 Å². The molecule has 20 heavy (non-hydrogen) atoms. The number of ether oxygens (including phenoxy) is 1. The molecule has 0 atom stereocenters. The topological polar surface area (TPSA) is 32.8 Å². The van der Waals surface area contributed by atoms with E-state index in [0.717, 1.165) is 56.0 Å². The minimum Gasteiger partial charge on any atom is -0.492 e. The number of carbonyl (C=O) groups excluding carboxylic acids is 1. The fourth-order valence-corrected chi connectivity index (χ4v) is 2.95. The molecule has 0 bridgehead atoms. The van der Waals surface area contributed by atoms with Crippen LogP contribution in [-0.4, -0.2) is 62.0 Å². The van der Waals surface area contributed by atoms with E-state index in [-0.39, 0.29) is 5.78 Å². The van der Waals surface area contributed by atoms with Crippen molar-refractivity contribution >= 4 is 5.78 Å². The van der Waals surface area contributed by atoms with Crippen LogP contribution in [0.1, 0.15) is 22.3 Å². The minimum absolute atomic E-state index is 0.254. The Hall–Kier alpha value is -1.39. The summed E-state index contributed by atoms with van der Waals surface area (Å²) < 4.78 is 5.92. The summed E-state index contributed by atoms with van der Waals surface area (Å²) in [6, 6.07) is 5.83. The van der Waals surface area contributed by atoms with Crippen LogP contribution in [0, 0.1) is 0 Å². The van der Waals surface area contributed by atoms with Crippen LogP contribution in [0.25, 0.3) is 0 Å². The van der Waals surface area contributed by atoms with E-state index in [9.17, 15) is 4.79 Å². The van der Waals surface area contributed by atoms with E-state index in [1.807, 2.05) is 18.2 Å². The fraction of sp³-hybridized carbons (Fsp3) is 0.562.